The Bertz CT molecular complexity index is 1020. The molecule has 0 saturated carbocycles. The van der Waals surface area contributed by atoms with E-state index in [9.17, 15) is 4.79 Å². The minimum atomic E-state index is -0.211. The van der Waals surface area contributed by atoms with Crippen LogP contribution in [-0.2, 0) is 6.54 Å². The fraction of sp³-hybridized carbons (Fsp3) is 0.174. The van der Waals surface area contributed by atoms with Crippen LogP contribution in [0.4, 0.5) is 4.79 Å². The second-order valence-corrected chi connectivity index (χ2v) is 6.82. The molecule has 6 nitrogen and oxygen atoms in total. The predicted octanol–water partition coefficient (Wildman–Crippen LogP) is 3.75. The van der Waals surface area contributed by atoms with E-state index < -0.39 is 0 Å². The molecule has 146 valence electrons. The maximum Gasteiger partial charge on any atom is 0.315 e. The lowest BCUT2D eigenvalue weighted by molar-refractivity contribution is 0.240. The van der Waals surface area contributed by atoms with Crippen LogP contribution < -0.4 is 10.6 Å². The van der Waals surface area contributed by atoms with E-state index in [0.717, 1.165) is 12.1 Å². The van der Waals surface area contributed by atoms with E-state index >= 15 is 0 Å². The summed E-state index contributed by atoms with van der Waals surface area (Å²) in [5.41, 5.74) is 3.25. The highest BCUT2D eigenvalue weighted by molar-refractivity contribution is 5.73. The van der Waals surface area contributed by atoms with E-state index in [4.69, 9.17) is 0 Å². The minimum Gasteiger partial charge on any atom is -0.338 e. The summed E-state index contributed by atoms with van der Waals surface area (Å²) in [7, 11) is 0. The van der Waals surface area contributed by atoms with Gasteiger partial charge in [-0.15, -0.1) is 10.2 Å². The molecule has 4 rings (SSSR count). The Hall–Kier alpha value is -3.67. The Morgan fingerprint density at radius 3 is 2.17 bits per heavy atom. The molecule has 0 aliphatic rings. The van der Waals surface area contributed by atoms with E-state index in [-0.39, 0.29) is 11.9 Å². The summed E-state index contributed by atoms with van der Waals surface area (Å²) in [4.78, 5) is 12.2. The molecule has 29 heavy (non-hydrogen) atoms. The number of fused-ring (bicyclic) bond motifs is 1. The van der Waals surface area contributed by atoms with Crippen molar-refractivity contribution in [3.05, 3.63) is 102 Å². The monoisotopic (exact) mass is 385 g/mol. The number of urea groups is 1. The van der Waals surface area contributed by atoms with Crippen molar-refractivity contribution >= 4 is 11.7 Å². The second-order valence-electron chi connectivity index (χ2n) is 6.82. The number of nitrogens with one attached hydrogen (secondary N) is 2. The van der Waals surface area contributed by atoms with Crippen molar-refractivity contribution in [3.8, 4) is 0 Å². The van der Waals surface area contributed by atoms with Crippen LogP contribution in [0.15, 0.2) is 85.1 Å². The van der Waals surface area contributed by atoms with Gasteiger partial charge >= 0.3 is 6.03 Å². The Labute approximate surface area is 169 Å². The van der Waals surface area contributed by atoms with Crippen LogP contribution in [0.25, 0.3) is 5.65 Å². The van der Waals surface area contributed by atoms with Crippen LogP contribution in [0.5, 0.6) is 0 Å². The van der Waals surface area contributed by atoms with E-state index in [1.165, 1.54) is 11.1 Å². The van der Waals surface area contributed by atoms with Crippen LogP contribution in [0.2, 0.25) is 0 Å². The lowest BCUT2D eigenvalue weighted by Crippen LogP contribution is -2.36. The fourth-order valence-corrected chi connectivity index (χ4v) is 3.46. The first-order valence-electron chi connectivity index (χ1n) is 9.71. The number of pyridine rings is 1. The molecular formula is C23H23N5O. The van der Waals surface area contributed by atoms with Crippen molar-refractivity contribution in [2.24, 2.45) is 0 Å². The van der Waals surface area contributed by atoms with E-state index in [2.05, 4.69) is 45.1 Å². The van der Waals surface area contributed by atoms with Gasteiger partial charge in [-0.2, -0.15) is 0 Å². The first-order chi connectivity index (χ1) is 14.3. The van der Waals surface area contributed by atoms with Crippen molar-refractivity contribution in [2.45, 2.75) is 18.9 Å². The number of nitrogens with zero attached hydrogens (tertiary/aromatic N) is 3. The second kappa shape index (κ2) is 9.01. The molecule has 6 heteroatoms. The molecule has 2 heterocycles. The standard InChI is InChI=1S/C23H23N5O/c29-23(25-17-22-27-26-21-13-7-8-16-28(21)22)24-15-14-20(18-9-3-1-4-10-18)19-11-5-2-6-12-19/h1-13,16,20H,14-15,17H2,(H2,24,25,29). The Kier molecular flexibility index (Phi) is 5.81. The van der Waals surface area contributed by atoms with E-state index in [1.54, 1.807) is 0 Å². The van der Waals surface area contributed by atoms with Gasteiger partial charge in [-0.3, -0.25) is 4.40 Å². The number of amides is 2. The minimum absolute atomic E-state index is 0.211. The van der Waals surface area contributed by atoms with Crippen LogP contribution in [-0.4, -0.2) is 27.2 Å². The maximum absolute atomic E-state index is 12.2. The molecule has 0 saturated heterocycles. The molecule has 0 unspecified atom stereocenters. The summed E-state index contributed by atoms with van der Waals surface area (Å²) in [6.07, 6.45) is 2.70. The fourth-order valence-electron chi connectivity index (χ4n) is 3.46. The van der Waals surface area contributed by atoms with Gasteiger partial charge in [0.2, 0.25) is 0 Å². The zero-order valence-corrected chi connectivity index (χ0v) is 16.0. The van der Waals surface area contributed by atoms with Crippen molar-refractivity contribution in [1.82, 2.24) is 25.2 Å². The van der Waals surface area contributed by atoms with Crippen molar-refractivity contribution < 1.29 is 4.79 Å². The first-order valence-corrected chi connectivity index (χ1v) is 9.71. The van der Waals surface area contributed by atoms with Gasteiger partial charge in [-0.05, 0) is 29.7 Å². The number of aromatic nitrogens is 3. The van der Waals surface area contributed by atoms with Gasteiger partial charge in [0.25, 0.3) is 0 Å². The van der Waals surface area contributed by atoms with Gasteiger partial charge in [0.05, 0.1) is 6.54 Å². The molecule has 0 bridgehead atoms. The number of hydrogen-bond acceptors (Lipinski definition) is 3. The van der Waals surface area contributed by atoms with Gasteiger partial charge in [0.1, 0.15) is 0 Å². The number of carbonyl (C=O) groups is 1. The summed E-state index contributed by atoms with van der Waals surface area (Å²) in [5.74, 6) is 0.931. The van der Waals surface area contributed by atoms with Gasteiger partial charge in [-0.25, -0.2) is 4.79 Å². The van der Waals surface area contributed by atoms with Crippen molar-refractivity contribution in [3.63, 3.8) is 0 Å². The summed E-state index contributed by atoms with van der Waals surface area (Å²) in [5, 5.41) is 14.0. The third kappa shape index (κ3) is 4.60. The zero-order valence-electron chi connectivity index (χ0n) is 16.0. The lowest BCUT2D eigenvalue weighted by atomic mass is 9.88. The van der Waals surface area contributed by atoms with Crippen LogP contribution in [0.1, 0.15) is 29.3 Å². The largest absolute Gasteiger partial charge is 0.338 e. The number of rotatable bonds is 7. The molecule has 0 aliphatic heterocycles. The predicted molar refractivity (Wildman–Crippen MR) is 113 cm³/mol. The average molecular weight is 385 g/mol. The Morgan fingerprint density at radius 2 is 1.48 bits per heavy atom. The number of hydrogen-bond donors (Lipinski definition) is 2. The zero-order chi connectivity index (χ0) is 19.9. The van der Waals surface area contributed by atoms with E-state index in [1.807, 2.05) is 65.2 Å². The highest BCUT2D eigenvalue weighted by Gasteiger charge is 2.14. The van der Waals surface area contributed by atoms with Gasteiger partial charge in [0, 0.05) is 18.7 Å². The van der Waals surface area contributed by atoms with Gasteiger partial charge in [0.15, 0.2) is 11.5 Å². The smallest absolute Gasteiger partial charge is 0.315 e. The number of benzene rings is 2. The van der Waals surface area contributed by atoms with Crippen LogP contribution in [0.3, 0.4) is 0 Å². The number of carbonyl (C=O) groups excluding carboxylic acids is 1. The maximum atomic E-state index is 12.2. The normalized spacial score (nSPS) is 10.9. The topological polar surface area (TPSA) is 71.3 Å². The first kappa shape index (κ1) is 18.7. The lowest BCUT2D eigenvalue weighted by Gasteiger charge is -2.18. The molecule has 0 radical (unpaired) electrons. The molecule has 2 aromatic heterocycles. The molecule has 2 amide bonds. The van der Waals surface area contributed by atoms with Gasteiger partial charge < -0.3 is 10.6 Å². The van der Waals surface area contributed by atoms with Crippen LogP contribution >= 0.6 is 0 Å². The quantitative estimate of drug-likeness (QED) is 0.509. The Balaban J connectivity index is 1.33. The molecule has 0 fully saturated rings. The highest BCUT2D eigenvalue weighted by Crippen LogP contribution is 2.27. The third-order valence-corrected chi connectivity index (χ3v) is 4.91. The SMILES string of the molecule is O=C(NCCC(c1ccccc1)c1ccccc1)NCc1nnc2ccccn12. The average Bonchev–Trinajstić information content (AvgIpc) is 3.20. The summed E-state index contributed by atoms with van der Waals surface area (Å²) < 4.78 is 1.86. The molecular weight excluding hydrogens is 362 g/mol. The summed E-state index contributed by atoms with van der Waals surface area (Å²) >= 11 is 0. The van der Waals surface area contributed by atoms with Crippen molar-refractivity contribution in [2.75, 3.05) is 6.54 Å². The van der Waals surface area contributed by atoms with Crippen LogP contribution in [0, 0.1) is 0 Å². The molecule has 0 atom stereocenters. The summed E-state index contributed by atoms with van der Waals surface area (Å²) in [6, 6.07) is 26.3. The Morgan fingerprint density at radius 1 is 0.828 bits per heavy atom. The molecule has 0 spiro atoms. The van der Waals surface area contributed by atoms with Crippen molar-refractivity contribution in [1.29, 1.82) is 0 Å². The molecule has 2 N–H and O–H groups in total. The summed E-state index contributed by atoms with van der Waals surface area (Å²) in [6.45, 7) is 0.888. The molecule has 0 aliphatic carbocycles. The third-order valence-electron chi connectivity index (χ3n) is 4.91. The molecule has 4 aromatic rings. The van der Waals surface area contributed by atoms with E-state index in [0.29, 0.717) is 18.9 Å². The molecule has 2 aromatic carbocycles. The van der Waals surface area contributed by atoms with Gasteiger partial charge in [-0.1, -0.05) is 66.7 Å². The highest BCUT2D eigenvalue weighted by atomic mass is 16.2.